The molecule has 0 spiro atoms. The van der Waals surface area contributed by atoms with Gasteiger partial charge in [-0.3, -0.25) is 0 Å². The lowest BCUT2D eigenvalue weighted by Crippen LogP contribution is -2.20. The number of anilines is 1. The Morgan fingerprint density at radius 2 is 1.78 bits per heavy atom. The van der Waals surface area contributed by atoms with E-state index in [4.69, 9.17) is 21.1 Å². The smallest absolute Gasteiger partial charge is 0.161 e. The highest BCUT2D eigenvalue weighted by Crippen LogP contribution is 2.30. The van der Waals surface area contributed by atoms with Crippen molar-refractivity contribution < 1.29 is 13.9 Å². The molecule has 0 saturated carbocycles. The Labute approximate surface area is 162 Å². The summed E-state index contributed by atoms with van der Waals surface area (Å²) in [6.07, 6.45) is 0. The maximum absolute atomic E-state index is 13.9. The number of hydrogen-bond acceptors (Lipinski definition) is 4. The summed E-state index contributed by atoms with van der Waals surface area (Å²) in [6.45, 7) is 0.580. The number of halogens is 2. The fourth-order valence-electron chi connectivity index (χ4n) is 2.53. The molecule has 3 aromatic rings. The second kappa shape index (κ2) is 9.26. The molecule has 0 heterocycles. The second-order valence-electron chi connectivity index (χ2n) is 5.82. The molecule has 4 nitrogen and oxygen atoms in total. The predicted octanol–water partition coefficient (Wildman–Crippen LogP) is 5.18. The first-order valence-corrected chi connectivity index (χ1v) is 8.81. The topological polar surface area (TPSA) is 42.5 Å². The molecule has 0 radical (unpaired) electrons. The first-order chi connectivity index (χ1) is 13.2. The lowest BCUT2D eigenvalue weighted by atomic mass is 10.2. The van der Waals surface area contributed by atoms with E-state index in [0.717, 1.165) is 11.3 Å². The molecule has 3 rings (SSSR count). The minimum atomic E-state index is -0.397. The Morgan fingerprint density at radius 3 is 2.52 bits per heavy atom. The highest BCUT2D eigenvalue weighted by molar-refractivity contribution is 6.31. The third kappa shape index (κ3) is 5.12. The quantitative estimate of drug-likeness (QED) is 0.523. The van der Waals surface area contributed by atoms with Gasteiger partial charge in [-0.2, -0.15) is 0 Å². The largest absolute Gasteiger partial charge is 0.493 e. The minimum absolute atomic E-state index is 0.0149. The van der Waals surface area contributed by atoms with Gasteiger partial charge >= 0.3 is 0 Å². The number of benzene rings is 3. The molecule has 0 bridgehead atoms. The van der Waals surface area contributed by atoms with Crippen LogP contribution in [0.5, 0.6) is 11.5 Å². The molecule has 140 valence electrons. The zero-order valence-electron chi connectivity index (χ0n) is 14.8. The van der Waals surface area contributed by atoms with Crippen molar-refractivity contribution in [1.82, 2.24) is 5.43 Å². The zero-order chi connectivity index (χ0) is 19.1. The van der Waals surface area contributed by atoms with E-state index >= 15 is 0 Å². The predicted molar refractivity (Wildman–Crippen MR) is 106 cm³/mol. The normalized spacial score (nSPS) is 10.5. The molecule has 0 aromatic heterocycles. The van der Waals surface area contributed by atoms with Gasteiger partial charge < -0.3 is 14.9 Å². The number of hydrazine groups is 1. The van der Waals surface area contributed by atoms with Crippen molar-refractivity contribution in [3.05, 3.63) is 88.7 Å². The third-order valence-electron chi connectivity index (χ3n) is 3.96. The highest BCUT2D eigenvalue weighted by atomic mass is 35.5. The Bertz CT molecular complexity index is 870. The molecule has 0 unspecified atom stereocenters. The first-order valence-electron chi connectivity index (χ1n) is 8.44. The van der Waals surface area contributed by atoms with E-state index in [1.54, 1.807) is 19.2 Å². The summed E-state index contributed by atoms with van der Waals surface area (Å²) in [5, 5.41) is 0.332. The number of nitrogens with one attached hydrogen (secondary N) is 2. The average Bonchev–Trinajstić information content (AvgIpc) is 2.68. The number of ether oxygens (including phenoxy) is 2. The minimum Gasteiger partial charge on any atom is -0.493 e. The van der Waals surface area contributed by atoms with Gasteiger partial charge in [0.2, 0.25) is 0 Å². The van der Waals surface area contributed by atoms with E-state index in [-0.39, 0.29) is 6.61 Å². The van der Waals surface area contributed by atoms with Crippen LogP contribution in [0.3, 0.4) is 0 Å². The van der Waals surface area contributed by atoms with Gasteiger partial charge in [-0.25, -0.2) is 9.82 Å². The Hall–Kier alpha value is -2.76. The summed E-state index contributed by atoms with van der Waals surface area (Å²) in [5.41, 5.74) is 8.54. The first kappa shape index (κ1) is 19.0. The average molecular weight is 387 g/mol. The highest BCUT2D eigenvalue weighted by Gasteiger charge is 2.11. The molecule has 0 saturated heterocycles. The van der Waals surface area contributed by atoms with Crippen molar-refractivity contribution >= 4 is 17.3 Å². The fraction of sp³-hybridized carbons (Fsp3) is 0.143. The Kier molecular flexibility index (Phi) is 6.52. The van der Waals surface area contributed by atoms with E-state index < -0.39 is 5.82 Å². The van der Waals surface area contributed by atoms with E-state index in [1.165, 1.54) is 6.07 Å². The standard InChI is InChI=1S/C21H20ClFN2O2/c1-26-20-11-10-15(13-24-25-16-6-3-2-4-7-16)12-21(20)27-14-17-18(22)8-5-9-19(17)23/h2-12,24-25H,13-14H2,1H3. The van der Waals surface area contributed by atoms with Crippen molar-refractivity contribution in [2.24, 2.45) is 0 Å². The molecule has 27 heavy (non-hydrogen) atoms. The number of para-hydroxylation sites is 1. The van der Waals surface area contributed by atoms with Gasteiger partial charge in [0.25, 0.3) is 0 Å². The molecule has 6 heteroatoms. The maximum Gasteiger partial charge on any atom is 0.161 e. The molecule has 0 aliphatic rings. The van der Waals surface area contributed by atoms with Gasteiger partial charge in [-0.1, -0.05) is 41.9 Å². The molecule has 0 atom stereocenters. The lowest BCUT2D eigenvalue weighted by Gasteiger charge is -2.14. The summed E-state index contributed by atoms with van der Waals surface area (Å²) in [5.74, 6) is 0.699. The van der Waals surface area contributed by atoms with Crippen LogP contribution in [0.2, 0.25) is 5.02 Å². The van der Waals surface area contributed by atoms with Crippen LogP contribution in [-0.2, 0) is 13.2 Å². The van der Waals surface area contributed by atoms with Crippen LogP contribution in [0, 0.1) is 5.82 Å². The van der Waals surface area contributed by atoms with Crippen LogP contribution in [0.15, 0.2) is 66.7 Å². The Morgan fingerprint density at radius 1 is 0.963 bits per heavy atom. The third-order valence-corrected chi connectivity index (χ3v) is 4.31. The van der Waals surface area contributed by atoms with Crippen molar-refractivity contribution in [1.29, 1.82) is 0 Å². The molecule has 2 N–H and O–H groups in total. The van der Waals surface area contributed by atoms with E-state index in [1.807, 2.05) is 48.5 Å². The van der Waals surface area contributed by atoms with E-state index in [2.05, 4.69) is 10.9 Å². The molecule has 0 amide bonds. The van der Waals surface area contributed by atoms with Crippen molar-refractivity contribution in [3.63, 3.8) is 0 Å². The van der Waals surface area contributed by atoms with Crippen molar-refractivity contribution in [3.8, 4) is 11.5 Å². The molecule has 0 aliphatic heterocycles. The van der Waals surface area contributed by atoms with Crippen molar-refractivity contribution in [2.45, 2.75) is 13.2 Å². The zero-order valence-corrected chi connectivity index (χ0v) is 15.6. The van der Waals surface area contributed by atoms with Gasteiger partial charge in [-0.05, 0) is 42.0 Å². The summed E-state index contributed by atoms with van der Waals surface area (Å²) in [6, 6.07) is 20.0. The van der Waals surface area contributed by atoms with E-state index in [9.17, 15) is 4.39 Å². The summed E-state index contributed by atoms with van der Waals surface area (Å²) in [4.78, 5) is 0. The van der Waals surface area contributed by atoms with Crippen molar-refractivity contribution in [2.75, 3.05) is 12.5 Å². The molecular formula is C21H20ClFN2O2. The second-order valence-corrected chi connectivity index (χ2v) is 6.23. The lowest BCUT2D eigenvalue weighted by molar-refractivity contribution is 0.279. The summed E-state index contributed by atoms with van der Waals surface area (Å²) >= 11 is 6.06. The van der Waals surface area contributed by atoms with Gasteiger partial charge in [-0.15, -0.1) is 0 Å². The van der Waals surface area contributed by atoms with Crippen LogP contribution in [0.4, 0.5) is 10.1 Å². The molecular weight excluding hydrogens is 367 g/mol. The molecule has 3 aromatic carbocycles. The number of hydrogen-bond donors (Lipinski definition) is 2. The van der Waals surface area contributed by atoms with Gasteiger partial charge in [0.05, 0.1) is 12.1 Å². The summed E-state index contributed by atoms with van der Waals surface area (Å²) in [7, 11) is 1.56. The number of rotatable bonds is 8. The van der Waals surface area contributed by atoms with Gasteiger partial charge in [0, 0.05) is 17.8 Å². The molecule has 0 fully saturated rings. The SMILES string of the molecule is COc1ccc(CNNc2ccccc2)cc1OCc1c(F)cccc1Cl. The maximum atomic E-state index is 13.9. The van der Waals surface area contributed by atoms with Crippen LogP contribution in [0.25, 0.3) is 0 Å². The van der Waals surface area contributed by atoms with Crippen LogP contribution < -0.4 is 20.3 Å². The Balaban J connectivity index is 1.66. The van der Waals surface area contributed by atoms with Crippen LogP contribution in [-0.4, -0.2) is 7.11 Å². The van der Waals surface area contributed by atoms with Gasteiger partial charge in [0.1, 0.15) is 12.4 Å². The summed E-state index contributed by atoms with van der Waals surface area (Å²) < 4.78 is 25.0. The monoisotopic (exact) mass is 386 g/mol. The van der Waals surface area contributed by atoms with Crippen LogP contribution >= 0.6 is 11.6 Å². The van der Waals surface area contributed by atoms with E-state index in [0.29, 0.717) is 28.6 Å². The van der Waals surface area contributed by atoms with Gasteiger partial charge in [0.15, 0.2) is 11.5 Å². The fourth-order valence-corrected chi connectivity index (χ4v) is 2.75. The van der Waals surface area contributed by atoms with Crippen LogP contribution in [0.1, 0.15) is 11.1 Å². The number of methoxy groups -OCH3 is 1. The molecule has 0 aliphatic carbocycles.